The monoisotopic (exact) mass is 292 g/mol. The van der Waals surface area contributed by atoms with Gasteiger partial charge in [-0.3, -0.25) is 10.1 Å². The van der Waals surface area contributed by atoms with Gasteiger partial charge >= 0.3 is 6.03 Å². The number of non-ortho nitro benzene ring substituents is 1. The predicted octanol–water partition coefficient (Wildman–Crippen LogP) is 1.49. The summed E-state index contributed by atoms with van der Waals surface area (Å²) in [4.78, 5) is 23.9. The number of hydrogen-bond acceptors (Lipinski definition) is 4. The molecule has 0 bridgehead atoms. The first-order chi connectivity index (χ1) is 10.1. The normalized spacial score (nSPS) is 15.5. The van der Waals surface area contributed by atoms with Crippen LogP contribution in [0.4, 0.5) is 10.5 Å². The molecule has 0 saturated carbocycles. The van der Waals surface area contributed by atoms with Crippen molar-refractivity contribution < 1.29 is 9.72 Å². The standard InChI is InChI=1S/C14H20N4O3/c1-17(12-6-8-15-9-7-12)14(19)16-10-11-2-4-13(5-3-11)18(20)21/h2-5,12,15H,6-10H2,1H3,(H,16,19). The quantitative estimate of drug-likeness (QED) is 0.650. The van der Waals surface area contributed by atoms with Crippen LogP contribution in [-0.2, 0) is 6.54 Å². The van der Waals surface area contributed by atoms with Crippen LogP contribution in [0.1, 0.15) is 18.4 Å². The number of amides is 2. The van der Waals surface area contributed by atoms with Crippen LogP contribution in [0.25, 0.3) is 0 Å². The Morgan fingerprint density at radius 2 is 2.00 bits per heavy atom. The summed E-state index contributed by atoms with van der Waals surface area (Å²) < 4.78 is 0. The van der Waals surface area contributed by atoms with Gasteiger partial charge in [0.2, 0.25) is 0 Å². The van der Waals surface area contributed by atoms with Crippen LogP contribution in [-0.4, -0.2) is 42.0 Å². The minimum absolute atomic E-state index is 0.0527. The number of carbonyl (C=O) groups is 1. The fourth-order valence-electron chi connectivity index (χ4n) is 2.40. The molecule has 1 fully saturated rings. The van der Waals surface area contributed by atoms with Gasteiger partial charge in [0.1, 0.15) is 0 Å². The van der Waals surface area contributed by atoms with Gasteiger partial charge in [0.25, 0.3) is 5.69 Å². The van der Waals surface area contributed by atoms with Gasteiger partial charge in [-0.05, 0) is 31.5 Å². The molecule has 0 aromatic heterocycles. The van der Waals surface area contributed by atoms with Crippen LogP contribution < -0.4 is 10.6 Å². The maximum atomic E-state index is 12.1. The van der Waals surface area contributed by atoms with Crippen molar-refractivity contribution in [2.45, 2.75) is 25.4 Å². The molecule has 1 aromatic carbocycles. The molecule has 1 aromatic rings. The highest BCUT2D eigenvalue weighted by molar-refractivity contribution is 5.74. The predicted molar refractivity (Wildman–Crippen MR) is 79.0 cm³/mol. The van der Waals surface area contributed by atoms with E-state index in [1.54, 1.807) is 24.1 Å². The summed E-state index contributed by atoms with van der Waals surface area (Å²) in [5.41, 5.74) is 0.893. The number of nitro benzene ring substituents is 1. The second-order valence-corrected chi connectivity index (χ2v) is 5.17. The molecule has 2 rings (SSSR count). The van der Waals surface area contributed by atoms with E-state index in [-0.39, 0.29) is 17.8 Å². The molecule has 2 amide bonds. The molecule has 21 heavy (non-hydrogen) atoms. The van der Waals surface area contributed by atoms with Crippen LogP contribution in [0, 0.1) is 10.1 Å². The van der Waals surface area contributed by atoms with E-state index in [4.69, 9.17) is 0 Å². The Bertz CT molecular complexity index is 497. The third kappa shape index (κ3) is 4.16. The van der Waals surface area contributed by atoms with Crippen molar-refractivity contribution >= 4 is 11.7 Å². The number of piperidine rings is 1. The summed E-state index contributed by atoms with van der Waals surface area (Å²) >= 11 is 0. The molecule has 0 spiro atoms. The molecular formula is C14H20N4O3. The molecule has 114 valence electrons. The first-order valence-electron chi connectivity index (χ1n) is 7.02. The molecular weight excluding hydrogens is 272 g/mol. The Balaban J connectivity index is 1.83. The number of benzene rings is 1. The minimum Gasteiger partial charge on any atom is -0.334 e. The highest BCUT2D eigenvalue weighted by atomic mass is 16.6. The number of carbonyl (C=O) groups excluding carboxylic acids is 1. The molecule has 7 nitrogen and oxygen atoms in total. The number of urea groups is 1. The third-order valence-electron chi connectivity index (χ3n) is 3.77. The van der Waals surface area contributed by atoms with Crippen LogP contribution in [0.3, 0.4) is 0 Å². The van der Waals surface area contributed by atoms with Crippen LogP contribution in [0.2, 0.25) is 0 Å². The average molecular weight is 292 g/mol. The summed E-state index contributed by atoms with van der Waals surface area (Å²) in [5, 5.41) is 16.7. The Morgan fingerprint density at radius 3 is 2.57 bits per heavy atom. The number of rotatable bonds is 4. The molecule has 0 radical (unpaired) electrons. The van der Waals surface area contributed by atoms with Gasteiger partial charge in [0.05, 0.1) is 4.92 Å². The number of nitro groups is 1. The summed E-state index contributed by atoms with van der Waals surface area (Å²) in [6.45, 7) is 2.24. The Labute approximate surface area is 123 Å². The second kappa shape index (κ2) is 7.03. The van der Waals surface area contributed by atoms with Crippen molar-refractivity contribution in [1.82, 2.24) is 15.5 Å². The van der Waals surface area contributed by atoms with Gasteiger partial charge in [-0.2, -0.15) is 0 Å². The van der Waals surface area contributed by atoms with Gasteiger partial charge in [-0.25, -0.2) is 4.79 Å². The maximum absolute atomic E-state index is 12.1. The zero-order valence-corrected chi connectivity index (χ0v) is 12.0. The number of nitrogens with one attached hydrogen (secondary N) is 2. The largest absolute Gasteiger partial charge is 0.334 e. The minimum atomic E-state index is -0.437. The maximum Gasteiger partial charge on any atom is 0.317 e. The van der Waals surface area contributed by atoms with Gasteiger partial charge in [0, 0.05) is 31.8 Å². The summed E-state index contributed by atoms with van der Waals surface area (Å²) in [7, 11) is 1.81. The molecule has 7 heteroatoms. The second-order valence-electron chi connectivity index (χ2n) is 5.17. The first-order valence-corrected chi connectivity index (χ1v) is 7.02. The summed E-state index contributed by atoms with van der Waals surface area (Å²) in [6, 6.07) is 6.35. The summed E-state index contributed by atoms with van der Waals surface area (Å²) in [6.07, 6.45) is 1.92. The lowest BCUT2D eigenvalue weighted by Crippen LogP contribution is -2.47. The average Bonchev–Trinajstić information content (AvgIpc) is 2.53. The van der Waals surface area contributed by atoms with E-state index in [0.717, 1.165) is 31.5 Å². The van der Waals surface area contributed by atoms with E-state index in [2.05, 4.69) is 10.6 Å². The lowest BCUT2D eigenvalue weighted by Gasteiger charge is -2.31. The molecule has 0 atom stereocenters. The fraction of sp³-hybridized carbons (Fsp3) is 0.500. The molecule has 1 aliphatic rings. The third-order valence-corrected chi connectivity index (χ3v) is 3.77. The first kappa shape index (κ1) is 15.2. The Morgan fingerprint density at radius 1 is 1.38 bits per heavy atom. The molecule has 1 aliphatic heterocycles. The molecule has 1 heterocycles. The van der Waals surface area contributed by atoms with Gasteiger partial charge < -0.3 is 15.5 Å². The Kier molecular flexibility index (Phi) is 5.10. The van der Waals surface area contributed by atoms with Gasteiger partial charge in [0.15, 0.2) is 0 Å². The lowest BCUT2D eigenvalue weighted by molar-refractivity contribution is -0.384. The smallest absolute Gasteiger partial charge is 0.317 e. The van der Waals surface area contributed by atoms with Crippen LogP contribution in [0.15, 0.2) is 24.3 Å². The summed E-state index contributed by atoms with van der Waals surface area (Å²) in [5.74, 6) is 0. The number of nitrogens with zero attached hydrogens (tertiary/aromatic N) is 2. The SMILES string of the molecule is CN(C(=O)NCc1ccc([N+](=O)[O-])cc1)C1CCNCC1. The molecule has 0 aliphatic carbocycles. The van der Waals surface area contributed by atoms with E-state index in [9.17, 15) is 14.9 Å². The fourth-order valence-corrected chi connectivity index (χ4v) is 2.40. The van der Waals surface area contributed by atoms with Crippen molar-refractivity contribution in [3.05, 3.63) is 39.9 Å². The topological polar surface area (TPSA) is 87.5 Å². The van der Waals surface area contributed by atoms with Crippen molar-refractivity contribution in [3.63, 3.8) is 0 Å². The van der Waals surface area contributed by atoms with Crippen molar-refractivity contribution in [2.24, 2.45) is 0 Å². The molecule has 0 unspecified atom stereocenters. The lowest BCUT2D eigenvalue weighted by atomic mass is 10.1. The zero-order valence-electron chi connectivity index (χ0n) is 12.0. The number of hydrogen-bond donors (Lipinski definition) is 2. The molecule has 1 saturated heterocycles. The highest BCUT2D eigenvalue weighted by Gasteiger charge is 2.21. The Hall–Kier alpha value is -2.15. The van der Waals surface area contributed by atoms with E-state index >= 15 is 0 Å². The van der Waals surface area contributed by atoms with Gasteiger partial charge in [-0.15, -0.1) is 0 Å². The van der Waals surface area contributed by atoms with E-state index in [0.29, 0.717) is 6.54 Å². The van der Waals surface area contributed by atoms with Crippen LogP contribution in [0.5, 0.6) is 0 Å². The van der Waals surface area contributed by atoms with Crippen LogP contribution >= 0.6 is 0 Å². The van der Waals surface area contributed by atoms with Gasteiger partial charge in [-0.1, -0.05) is 12.1 Å². The highest BCUT2D eigenvalue weighted by Crippen LogP contribution is 2.12. The van der Waals surface area contributed by atoms with E-state index < -0.39 is 4.92 Å². The zero-order chi connectivity index (χ0) is 15.2. The molecule has 2 N–H and O–H groups in total. The van der Waals surface area contributed by atoms with Crippen molar-refractivity contribution in [2.75, 3.05) is 20.1 Å². The van der Waals surface area contributed by atoms with E-state index in [1.807, 2.05) is 0 Å². The van der Waals surface area contributed by atoms with E-state index in [1.165, 1.54) is 12.1 Å². The van der Waals surface area contributed by atoms with Crippen molar-refractivity contribution in [1.29, 1.82) is 0 Å². The van der Waals surface area contributed by atoms with Crippen molar-refractivity contribution in [3.8, 4) is 0 Å².